The Morgan fingerprint density at radius 3 is 2.68 bits per heavy atom. The van der Waals surface area contributed by atoms with Crippen molar-refractivity contribution in [3.05, 3.63) is 23.8 Å². The molecule has 0 bridgehead atoms. The number of phenolic OH excluding ortho intramolecular Hbond substituents is 2. The smallest absolute Gasteiger partial charge is 0.176 e. The van der Waals surface area contributed by atoms with Crippen LogP contribution in [0.1, 0.15) is 10.4 Å². The molecule has 0 aliphatic carbocycles. The number of Topliss-reactive ketones (excluding diaryl/α,β-unsaturated/α-hetero) is 1. The molecule has 0 radical (unpaired) electrons. The Kier molecular flexibility index (Phi) is 4.67. The lowest BCUT2D eigenvalue weighted by Crippen LogP contribution is -2.02. The summed E-state index contributed by atoms with van der Waals surface area (Å²) in [6, 6.07) is 3.92. The molecule has 0 spiro atoms. The summed E-state index contributed by atoms with van der Waals surface area (Å²) in [5.41, 5.74) is 0.194. The normalized spacial score (nSPS) is 10.6. The van der Waals surface area contributed by atoms with Gasteiger partial charge >= 0.3 is 0 Å². The Balaban J connectivity index is 2.01. The third-order valence-electron chi connectivity index (χ3n) is 2.17. The SMILES string of the molecule is CSc1nnc(SCC(=O)c2ccc(O)cc2O)s1. The van der Waals surface area contributed by atoms with Gasteiger partial charge in [-0.3, -0.25) is 4.79 Å². The van der Waals surface area contributed by atoms with Gasteiger partial charge in [0.1, 0.15) is 11.5 Å². The van der Waals surface area contributed by atoms with Crippen LogP contribution in [-0.2, 0) is 0 Å². The molecular formula is C11H10N2O3S3. The monoisotopic (exact) mass is 314 g/mol. The molecule has 2 rings (SSSR count). The van der Waals surface area contributed by atoms with E-state index in [0.29, 0.717) is 0 Å². The Hall–Kier alpha value is -1.25. The van der Waals surface area contributed by atoms with Gasteiger partial charge in [-0.25, -0.2) is 0 Å². The van der Waals surface area contributed by atoms with Crippen LogP contribution in [0, 0.1) is 0 Å². The Labute approximate surface area is 122 Å². The molecule has 1 aromatic heterocycles. The highest BCUT2D eigenvalue weighted by atomic mass is 32.2. The number of ketones is 1. The van der Waals surface area contributed by atoms with Gasteiger partial charge in [-0.05, 0) is 18.4 Å². The number of aromatic nitrogens is 2. The molecule has 2 aromatic rings. The molecule has 0 amide bonds. The quantitative estimate of drug-likeness (QED) is 0.648. The second-order valence-electron chi connectivity index (χ2n) is 3.45. The molecule has 1 heterocycles. The second kappa shape index (κ2) is 6.27. The number of rotatable bonds is 5. The van der Waals surface area contributed by atoms with Gasteiger partial charge in [0.2, 0.25) is 0 Å². The first-order valence-electron chi connectivity index (χ1n) is 5.15. The standard InChI is InChI=1S/C11H10N2O3S3/c1-17-10-12-13-11(19-10)18-5-9(16)7-3-2-6(14)4-8(7)15/h2-4,14-15H,5H2,1H3. The van der Waals surface area contributed by atoms with Crippen molar-refractivity contribution in [3.63, 3.8) is 0 Å². The minimum atomic E-state index is -0.219. The van der Waals surface area contributed by atoms with Crippen molar-refractivity contribution in [1.29, 1.82) is 0 Å². The molecule has 5 nitrogen and oxygen atoms in total. The van der Waals surface area contributed by atoms with Gasteiger partial charge in [-0.1, -0.05) is 34.9 Å². The van der Waals surface area contributed by atoms with Crippen LogP contribution in [0.3, 0.4) is 0 Å². The van der Waals surface area contributed by atoms with Gasteiger partial charge in [0, 0.05) is 6.07 Å². The summed E-state index contributed by atoms with van der Waals surface area (Å²) in [5, 5.41) is 26.6. The summed E-state index contributed by atoms with van der Waals surface area (Å²) >= 11 is 4.21. The molecule has 0 saturated carbocycles. The van der Waals surface area contributed by atoms with E-state index in [9.17, 15) is 9.90 Å². The van der Waals surface area contributed by atoms with E-state index in [2.05, 4.69) is 10.2 Å². The third kappa shape index (κ3) is 3.62. The molecule has 0 aliphatic heterocycles. The van der Waals surface area contributed by atoms with Crippen LogP contribution >= 0.6 is 34.9 Å². The summed E-state index contributed by atoms with van der Waals surface area (Å²) in [4.78, 5) is 11.9. The molecule has 0 atom stereocenters. The molecule has 19 heavy (non-hydrogen) atoms. The first kappa shape index (κ1) is 14.2. The van der Waals surface area contributed by atoms with Crippen molar-refractivity contribution >= 4 is 40.6 Å². The average molecular weight is 314 g/mol. The number of phenols is 2. The van der Waals surface area contributed by atoms with E-state index in [4.69, 9.17) is 5.11 Å². The number of aromatic hydroxyl groups is 2. The van der Waals surface area contributed by atoms with E-state index in [1.54, 1.807) is 0 Å². The zero-order valence-corrected chi connectivity index (χ0v) is 12.3. The van der Waals surface area contributed by atoms with Crippen LogP contribution in [-0.4, -0.2) is 38.2 Å². The predicted molar refractivity (Wildman–Crippen MR) is 76.5 cm³/mol. The number of carbonyl (C=O) groups is 1. The van der Waals surface area contributed by atoms with E-state index in [-0.39, 0.29) is 28.6 Å². The molecule has 2 N–H and O–H groups in total. The van der Waals surface area contributed by atoms with Crippen molar-refractivity contribution in [2.24, 2.45) is 0 Å². The Morgan fingerprint density at radius 1 is 1.32 bits per heavy atom. The van der Waals surface area contributed by atoms with E-state index in [1.807, 2.05) is 6.26 Å². The molecule has 0 fully saturated rings. The molecule has 0 saturated heterocycles. The maximum absolute atomic E-state index is 11.9. The average Bonchev–Trinajstić information content (AvgIpc) is 2.84. The zero-order chi connectivity index (χ0) is 13.8. The highest BCUT2D eigenvalue weighted by molar-refractivity contribution is 8.03. The van der Waals surface area contributed by atoms with E-state index < -0.39 is 0 Å². The lowest BCUT2D eigenvalue weighted by molar-refractivity contribution is 0.102. The van der Waals surface area contributed by atoms with Crippen molar-refractivity contribution < 1.29 is 15.0 Å². The lowest BCUT2D eigenvalue weighted by Gasteiger charge is -2.02. The lowest BCUT2D eigenvalue weighted by atomic mass is 10.1. The minimum Gasteiger partial charge on any atom is -0.508 e. The molecule has 0 unspecified atom stereocenters. The largest absolute Gasteiger partial charge is 0.508 e. The fourth-order valence-electron chi connectivity index (χ4n) is 1.30. The zero-order valence-electron chi connectivity index (χ0n) is 9.86. The van der Waals surface area contributed by atoms with Crippen molar-refractivity contribution in [2.75, 3.05) is 12.0 Å². The Morgan fingerprint density at radius 2 is 2.05 bits per heavy atom. The summed E-state index contributed by atoms with van der Waals surface area (Å²) in [5.74, 6) is -0.340. The third-order valence-corrected chi connectivity index (χ3v) is 5.20. The number of carbonyl (C=O) groups excluding carboxylic acids is 1. The molecule has 8 heteroatoms. The van der Waals surface area contributed by atoms with Crippen LogP contribution in [0.2, 0.25) is 0 Å². The summed E-state index contributed by atoms with van der Waals surface area (Å²) in [6.45, 7) is 0. The summed E-state index contributed by atoms with van der Waals surface area (Å²) < 4.78 is 1.57. The highest BCUT2D eigenvalue weighted by Gasteiger charge is 2.13. The van der Waals surface area contributed by atoms with Crippen LogP contribution in [0.25, 0.3) is 0 Å². The number of hydrogen-bond acceptors (Lipinski definition) is 8. The molecule has 100 valence electrons. The fraction of sp³-hybridized carbons (Fsp3) is 0.182. The van der Waals surface area contributed by atoms with Gasteiger partial charge in [0.05, 0.1) is 11.3 Å². The van der Waals surface area contributed by atoms with Crippen LogP contribution in [0.15, 0.2) is 26.9 Å². The maximum Gasteiger partial charge on any atom is 0.176 e. The fourth-order valence-corrected chi connectivity index (χ4v) is 3.62. The van der Waals surface area contributed by atoms with E-state index in [0.717, 1.165) is 14.7 Å². The van der Waals surface area contributed by atoms with Crippen molar-refractivity contribution in [1.82, 2.24) is 10.2 Å². The number of benzene rings is 1. The molecular weight excluding hydrogens is 304 g/mol. The predicted octanol–water partition coefficient (Wildman–Crippen LogP) is 2.65. The second-order valence-corrected chi connectivity index (χ2v) is 6.70. The van der Waals surface area contributed by atoms with Gasteiger partial charge in [0.25, 0.3) is 0 Å². The van der Waals surface area contributed by atoms with Gasteiger partial charge < -0.3 is 10.2 Å². The van der Waals surface area contributed by atoms with Crippen LogP contribution in [0.4, 0.5) is 0 Å². The van der Waals surface area contributed by atoms with Gasteiger partial charge in [0.15, 0.2) is 14.5 Å². The van der Waals surface area contributed by atoms with Crippen LogP contribution < -0.4 is 0 Å². The Bertz CT molecular complexity index is 601. The highest BCUT2D eigenvalue weighted by Crippen LogP contribution is 2.29. The minimum absolute atomic E-state index is 0.0737. The van der Waals surface area contributed by atoms with Crippen molar-refractivity contribution in [3.8, 4) is 11.5 Å². The first-order chi connectivity index (χ1) is 9.10. The van der Waals surface area contributed by atoms with Gasteiger partial charge in [-0.2, -0.15) is 0 Å². The van der Waals surface area contributed by atoms with E-state index in [1.165, 1.54) is 47.0 Å². The number of nitrogens with zero attached hydrogens (tertiary/aromatic N) is 2. The molecule has 0 aliphatic rings. The summed E-state index contributed by atoms with van der Waals surface area (Å²) in [7, 11) is 0. The van der Waals surface area contributed by atoms with Crippen LogP contribution in [0.5, 0.6) is 11.5 Å². The maximum atomic E-state index is 11.9. The van der Waals surface area contributed by atoms with E-state index >= 15 is 0 Å². The topological polar surface area (TPSA) is 83.3 Å². The summed E-state index contributed by atoms with van der Waals surface area (Å²) in [6.07, 6.45) is 1.91. The first-order valence-corrected chi connectivity index (χ1v) is 8.18. The van der Waals surface area contributed by atoms with Crippen molar-refractivity contribution in [2.45, 2.75) is 8.68 Å². The molecule has 1 aromatic carbocycles. The number of thioether (sulfide) groups is 2. The van der Waals surface area contributed by atoms with Gasteiger partial charge in [-0.15, -0.1) is 10.2 Å². The number of hydrogen-bond donors (Lipinski definition) is 2.